The minimum atomic E-state index is -0.617. The van der Waals surface area contributed by atoms with Crippen molar-refractivity contribution in [2.24, 2.45) is 5.73 Å². The lowest BCUT2D eigenvalue weighted by Crippen LogP contribution is -2.56. The molecular formula is C17H26N4O2. The van der Waals surface area contributed by atoms with E-state index < -0.39 is 12.1 Å². The third-order valence-corrected chi connectivity index (χ3v) is 4.17. The maximum absolute atomic E-state index is 12.7. The first-order valence-electron chi connectivity index (χ1n) is 8.02. The molecule has 6 nitrogen and oxygen atoms in total. The number of nitrogens with two attached hydrogens (primary N) is 1. The van der Waals surface area contributed by atoms with Gasteiger partial charge in [0.2, 0.25) is 5.91 Å². The van der Waals surface area contributed by atoms with E-state index in [-0.39, 0.29) is 24.4 Å². The highest BCUT2D eigenvalue weighted by atomic mass is 16.2. The van der Waals surface area contributed by atoms with Crippen LogP contribution in [0.2, 0.25) is 0 Å². The van der Waals surface area contributed by atoms with Crippen LogP contribution in [0, 0.1) is 6.92 Å². The average molecular weight is 318 g/mol. The largest absolute Gasteiger partial charge is 0.352 e. The van der Waals surface area contributed by atoms with Crippen LogP contribution in [0.4, 0.5) is 4.79 Å². The zero-order valence-electron chi connectivity index (χ0n) is 14.0. The highest BCUT2D eigenvalue weighted by Crippen LogP contribution is 2.22. The van der Waals surface area contributed by atoms with Crippen LogP contribution in [-0.4, -0.2) is 42.0 Å². The van der Waals surface area contributed by atoms with Crippen molar-refractivity contribution in [3.8, 4) is 0 Å². The van der Waals surface area contributed by atoms with E-state index in [0.29, 0.717) is 13.1 Å². The van der Waals surface area contributed by atoms with Gasteiger partial charge in [-0.3, -0.25) is 4.79 Å². The Morgan fingerprint density at radius 1 is 1.30 bits per heavy atom. The van der Waals surface area contributed by atoms with Gasteiger partial charge in [-0.2, -0.15) is 0 Å². The molecule has 1 aliphatic rings. The molecule has 23 heavy (non-hydrogen) atoms. The van der Waals surface area contributed by atoms with Gasteiger partial charge in [0, 0.05) is 25.2 Å². The Morgan fingerprint density at radius 3 is 2.48 bits per heavy atom. The first-order chi connectivity index (χ1) is 10.9. The molecule has 0 radical (unpaired) electrons. The molecule has 3 atom stereocenters. The Bertz CT molecular complexity index is 565. The Labute approximate surface area is 137 Å². The van der Waals surface area contributed by atoms with E-state index in [9.17, 15) is 9.59 Å². The minimum Gasteiger partial charge on any atom is -0.352 e. The highest BCUT2D eigenvalue weighted by Gasteiger charge is 2.27. The molecule has 0 saturated carbocycles. The standard InChI is InChI=1S/C17H26N4O2/c1-11-6-4-5-7-14(11)15(20-17(18)23)8-16(22)21-9-12(2)19-13(3)10-21/h4-7,12-13,15,19H,8-10H2,1-3H3,(H3,18,20,23). The zero-order chi connectivity index (χ0) is 17.0. The number of nitrogens with one attached hydrogen (secondary N) is 2. The molecule has 2 rings (SSSR count). The summed E-state index contributed by atoms with van der Waals surface area (Å²) in [6.07, 6.45) is 0.216. The number of urea groups is 1. The number of hydrogen-bond donors (Lipinski definition) is 3. The van der Waals surface area contributed by atoms with Gasteiger partial charge in [-0.1, -0.05) is 24.3 Å². The molecule has 3 unspecified atom stereocenters. The molecule has 4 N–H and O–H groups in total. The van der Waals surface area contributed by atoms with Crippen LogP contribution in [0.15, 0.2) is 24.3 Å². The zero-order valence-corrected chi connectivity index (χ0v) is 14.0. The molecule has 1 heterocycles. The summed E-state index contributed by atoms with van der Waals surface area (Å²) in [5.41, 5.74) is 7.25. The van der Waals surface area contributed by atoms with Crippen molar-refractivity contribution >= 4 is 11.9 Å². The van der Waals surface area contributed by atoms with E-state index in [1.165, 1.54) is 0 Å². The Hall–Kier alpha value is -2.08. The summed E-state index contributed by atoms with van der Waals surface area (Å²) in [4.78, 5) is 25.9. The van der Waals surface area contributed by atoms with Gasteiger partial charge >= 0.3 is 6.03 Å². The normalized spacial score (nSPS) is 22.5. The molecule has 1 aromatic carbocycles. The molecule has 3 amide bonds. The van der Waals surface area contributed by atoms with Crippen LogP contribution < -0.4 is 16.4 Å². The number of nitrogens with zero attached hydrogens (tertiary/aromatic N) is 1. The van der Waals surface area contributed by atoms with Gasteiger partial charge in [0.1, 0.15) is 0 Å². The van der Waals surface area contributed by atoms with Crippen molar-refractivity contribution in [1.29, 1.82) is 0 Å². The SMILES string of the molecule is Cc1ccccc1C(CC(=O)N1CC(C)NC(C)C1)NC(N)=O. The number of carbonyl (C=O) groups excluding carboxylic acids is 2. The molecule has 1 fully saturated rings. The van der Waals surface area contributed by atoms with Crippen molar-refractivity contribution in [3.05, 3.63) is 35.4 Å². The van der Waals surface area contributed by atoms with E-state index >= 15 is 0 Å². The fourth-order valence-electron chi connectivity index (χ4n) is 3.22. The van der Waals surface area contributed by atoms with Gasteiger partial charge in [0.05, 0.1) is 12.5 Å². The van der Waals surface area contributed by atoms with Crippen molar-refractivity contribution in [2.45, 2.75) is 45.3 Å². The fraction of sp³-hybridized carbons (Fsp3) is 0.529. The average Bonchev–Trinajstić information content (AvgIpc) is 2.45. The second-order valence-electron chi connectivity index (χ2n) is 6.39. The first-order valence-corrected chi connectivity index (χ1v) is 8.02. The predicted molar refractivity (Wildman–Crippen MR) is 89.9 cm³/mol. The van der Waals surface area contributed by atoms with Crippen LogP contribution in [0.3, 0.4) is 0 Å². The maximum atomic E-state index is 12.7. The predicted octanol–water partition coefficient (Wildman–Crippen LogP) is 1.30. The van der Waals surface area contributed by atoms with Crippen LogP contribution >= 0.6 is 0 Å². The number of rotatable bonds is 4. The molecule has 0 spiro atoms. The van der Waals surface area contributed by atoms with Crippen LogP contribution in [-0.2, 0) is 4.79 Å². The van der Waals surface area contributed by atoms with E-state index in [1.54, 1.807) is 0 Å². The summed E-state index contributed by atoms with van der Waals surface area (Å²) in [6, 6.07) is 7.23. The Morgan fingerprint density at radius 2 is 1.91 bits per heavy atom. The maximum Gasteiger partial charge on any atom is 0.312 e. The van der Waals surface area contributed by atoms with Gasteiger partial charge in [-0.05, 0) is 31.9 Å². The van der Waals surface area contributed by atoms with E-state index in [4.69, 9.17) is 5.73 Å². The highest BCUT2D eigenvalue weighted by molar-refractivity contribution is 5.79. The Balaban J connectivity index is 2.13. The monoisotopic (exact) mass is 318 g/mol. The van der Waals surface area contributed by atoms with Crippen molar-refractivity contribution in [3.63, 3.8) is 0 Å². The molecule has 1 aliphatic heterocycles. The lowest BCUT2D eigenvalue weighted by Gasteiger charge is -2.37. The molecule has 0 aromatic heterocycles. The summed E-state index contributed by atoms with van der Waals surface area (Å²) < 4.78 is 0. The van der Waals surface area contributed by atoms with Gasteiger partial charge < -0.3 is 21.3 Å². The summed E-state index contributed by atoms with van der Waals surface area (Å²) in [5, 5.41) is 6.11. The quantitative estimate of drug-likeness (QED) is 0.782. The molecule has 0 aliphatic carbocycles. The molecule has 0 bridgehead atoms. The van der Waals surface area contributed by atoms with Gasteiger partial charge in [0.15, 0.2) is 0 Å². The van der Waals surface area contributed by atoms with Crippen LogP contribution in [0.25, 0.3) is 0 Å². The third-order valence-electron chi connectivity index (χ3n) is 4.17. The number of carbonyl (C=O) groups is 2. The second-order valence-corrected chi connectivity index (χ2v) is 6.39. The second kappa shape index (κ2) is 7.46. The van der Waals surface area contributed by atoms with Gasteiger partial charge in [-0.25, -0.2) is 4.79 Å². The number of aryl methyl sites for hydroxylation is 1. The number of primary amides is 1. The molecular weight excluding hydrogens is 292 g/mol. The van der Waals surface area contributed by atoms with Crippen molar-refractivity contribution < 1.29 is 9.59 Å². The minimum absolute atomic E-state index is 0.0344. The molecule has 126 valence electrons. The summed E-state index contributed by atoms with van der Waals surface area (Å²) in [7, 11) is 0. The molecule has 6 heteroatoms. The van der Waals surface area contributed by atoms with E-state index in [0.717, 1.165) is 11.1 Å². The number of hydrogen-bond acceptors (Lipinski definition) is 3. The fourth-order valence-corrected chi connectivity index (χ4v) is 3.22. The van der Waals surface area contributed by atoms with Crippen molar-refractivity contribution in [2.75, 3.05) is 13.1 Å². The summed E-state index contributed by atoms with van der Waals surface area (Å²) >= 11 is 0. The topological polar surface area (TPSA) is 87.5 Å². The summed E-state index contributed by atoms with van der Waals surface area (Å²) in [6.45, 7) is 7.46. The smallest absolute Gasteiger partial charge is 0.312 e. The number of amides is 3. The molecule has 1 saturated heterocycles. The van der Waals surface area contributed by atoms with E-state index in [1.807, 2.05) is 36.1 Å². The summed E-state index contributed by atoms with van der Waals surface area (Å²) in [5.74, 6) is 0.0344. The van der Waals surface area contributed by atoms with Gasteiger partial charge in [-0.15, -0.1) is 0 Å². The Kier molecular flexibility index (Phi) is 5.60. The number of piperazine rings is 1. The van der Waals surface area contributed by atoms with Gasteiger partial charge in [0.25, 0.3) is 0 Å². The lowest BCUT2D eigenvalue weighted by atomic mass is 9.98. The molecule has 1 aromatic rings. The number of benzene rings is 1. The van der Waals surface area contributed by atoms with Crippen LogP contribution in [0.5, 0.6) is 0 Å². The van der Waals surface area contributed by atoms with E-state index in [2.05, 4.69) is 24.5 Å². The van der Waals surface area contributed by atoms with Crippen molar-refractivity contribution in [1.82, 2.24) is 15.5 Å². The van der Waals surface area contributed by atoms with Crippen LogP contribution in [0.1, 0.15) is 37.4 Å². The lowest BCUT2D eigenvalue weighted by molar-refractivity contribution is -0.133. The third kappa shape index (κ3) is 4.69. The first kappa shape index (κ1) is 17.3.